The third-order valence-electron chi connectivity index (χ3n) is 5.72. The highest BCUT2D eigenvalue weighted by molar-refractivity contribution is 5.90. The minimum Gasteiger partial charge on any atom is -0.497 e. The molecule has 0 radical (unpaired) electrons. The van der Waals surface area contributed by atoms with Crippen molar-refractivity contribution < 1.29 is 19.0 Å². The molecular formula is C26H31N5O4. The van der Waals surface area contributed by atoms with E-state index < -0.39 is 0 Å². The molecule has 9 heteroatoms. The van der Waals surface area contributed by atoms with Crippen molar-refractivity contribution in [2.45, 2.75) is 13.8 Å². The molecule has 4 rings (SSSR count). The van der Waals surface area contributed by atoms with Gasteiger partial charge in [0.1, 0.15) is 5.75 Å². The van der Waals surface area contributed by atoms with E-state index in [4.69, 9.17) is 14.2 Å². The first kappa shape index (κ1) is 24.1. The molecular weight excluding hydrogens is 446 g/mol. The zero-order valence-electron chi connectivity index (χ0n) is 20.4. The Labute approximate surface area is 205 Å². The van der Waals surface area contributed by atoms with E-state index in [1.807, 2.05) is 62.4 Å². The normalized spacial score (nSPS) is 13.3. The number of nitrogens with zero attached hydrogens (tertiary/aromatic N) is 4. The minimum atomic E-state index is -0.141. The SMILES string of the molecule is CCOc1ccc(NC(=O)N2CCN(c3ccc(-c4ccc(OC)cc4)nn3)CC2)cc1OCC. The van der Waals surface area contributed by atoms with E-state index in [-0.39, 0.29) is 6.03 Å². The summed E-state index contributed by atoms with van der Waals surface area (Å²) in [4.78, 5) is 16.8. The van der Waals surface area contributed by atoms with Crippen LogP contribution in [0.4, 0.5) is 16.3 Å². The highest BCUT2D eigenvalue weighted by Gasteiger charge is 2.22. The van der Waals surface area contributed by atoms with Crippen molar-refractivity contribution in [2.24, 2.45) is 0 Å². The number of hydrogen-bond acceptors (Lipinski definition) is 7. The molecule has 1 N–H and O–H groups in total. The Morgan fingerprint density at radius 2 is 1.60 bits per heavy atom. The van der Waals surface area contributed by atoms with Gasteiger partial charge >= 0.3 is 6.03 Å². The van der Waals surface area contributed by atoms with Crippen LogP contribution in [0.15, 0.2) is 54.6 Å². The molecule has 184 valence electrons. The van der Waals surface area contributed by atoms with Gasteiger partial charge in [0.25, 0.3) is 0 Å². The average molecular weight is 478 g/mol. The summed E-state index contributed by atoms with van der Waals surface area (Å²) in [5.41, 5.74) is 2.45. The largest absolute Gasteiger partial charge is 0.497 e. The topological polar surface area (TPSA) is 89.1 Å². The first-order chi connectivity index (χ1) is 17.1. The quantitative estimate of drug-likeness (QED) is 0.517. The number of rotatable bonds is 8. The predicted molar refractivity (Wildman–Crippen MR) is 136 cm³/mol. The summed E-state index contributed by atoms with van der Waals surface area (Å²) in [6.07, 6.45) is 0. The Morgan fingerprint density at radius 1 is 0.886 bits per heavy atom. The van der Waals surface area contributed by atoms with Crippen LogP contribution in [0.3, 0.4) is 0 Å². The fraction of sp³-hybridized carbons (Fsp3) is 0.346. The summed E-state index contributed by atoms with van der Waals surface area (Å²) >= 11 is 0. The van der Waals surface area contributed by atoms with Crippen LogP contribution in [0.5, 0.6) is 17.2 Å². The number of nitrogens with one attached hydrogen (secondary N) is 1. The molecule has 0 aliphatic carbocycles. The van der Waals surface area contributed by atoms with E-state index in [0.29, 0.717) is 56.6 Å². The molecule has 0 spiro atoms. The van der Waals surface area contributed by atoms with Gasteiger partial charge in [-0.2, -0.15) is 0 Å². The number of anilines is 2. The lowest BCUT2D eigenvalue weighted by atomic mass is 10.1. The van der Waals surface area contributed by atoms with Crippen molar-refractivity contribution >= 4 is 17.5 Å². The summed E-state index contributed by atoms with van der Waals surface area (Å²) in [5.74, 6) is 2.89. The maximum absolute atomic E-state index is 12.8. The van der Waals surface area contributed by atoms with Crippen LogP contribution < -0.4 is 24.4 Å². The molecule has 1 fully saturated rings. The van der Waals surface area contributed by atoms with Gasteiger partial charge in [-0.15, -0.1) is 10.2 Å². The van der Waals surface area contributed by atoms with Crippen LogP contribution in [-0.4, -0.2) is 67.6 Å². The minimum absolute atomic E-state index is 0.141. The maximum Gasteiger partial charge on any atom is 0.321 e. The molecule has 9 nitrogen and oxygen atoms in total. The lowest BCUT2D eigenvalue weighted by Crippen LogP contribution is -2.50. The van der Waals surface area contributed by atoms with E-state index in [9.17, 15) is 4.79 Å². The van der Waals surface area contributed by atoms with Gasteiger partial charge in [-0.25, -0.2) is 4.79 Å². The first-order valence-electron chi connectivity index (χ1n) is 11.8. The Balaban J connectivity index is 1.32. The molecule has 3 aromatic rings. The Bertz CT molecular complexity index is 1110. The van der Waals surface area contributed by atoms with Crippen LogP contribution in [0.1, 0.15) is 13.8 Å². The molecule has 2 heterocycles. The van der Waals surface area contributed by atoms with Crippen molar-refractivity contribution in [3.05, 3.63) is 54.6 Å². The second-order valence-electron chi connectivity index (χ2n) is 7.94. The van der Waals surface area contributed by atoms with Crippen molar-refractivity contribution in [1.29, 1.82) is 0 Å². The van der Waals surface area contributed by atoms with E-state index in [2.05, 4.69) is 20.4 Å². The second kappa shape index (κ2) is 11.4. The molecule has 1 saturated heterocycles. The molecule has 35 heavy (non-hydrogen) atoms. The summed E-state index contributed by atoms with van der Waals surface area (Å²) in [5, 5.41) is 11.8. The average Bonchev–Trinajstić information content (AvgIpc) is 2.91. The first-order valence-corrected chi connectivity index (χ1v) is 11.8. The predicted octanol–water partition coefficient (Wildman–Crippen LogP) is 4.30. The van der Waals surface area contributed by atoms with E-state index in [1.165, 1.54) is 0 Å². The highest BCUT2D eigenvalue weighted by Crippen LogP contribution is 2.31. The summed E-state index contributed by atoms with van der Waals surface area (Å²) in [6, 6.07) is 16.9. The summed E-state index contributed by atoms with van der Waals surface area (Å²) in [7, 11) is 1.64. The fourth-order valence-electron chi connectivity index (χ4n) is 3.88. The van der Waals surface area contributed by atoms with Crippen LogP contribution in [0.2, 0.25) is 0 Å². The molecule has 1 aliphatic rings. The van der Waals surface area contributed by atoms with Gasteiger partial charge in [0.2, 0.25) is 0 Å². The molecule has 0 saturated carbocycles. The number of carbonyl (C=O) groups excluding carboxylic acids is 1. The molecule has 1 aromatic heterocycles. The van der Waals surface area contributed by atoms with Crippen LogP contribution in [0.25, 0.3) is 11.3 Å². The Hall–Kier alpha value is -4.01. The number of carbonyl (C=O) groups is 1. The molecule has 2 aromatic carbocycles. The van der Waals surface area contributed by atoms with E-state index >= 15 is 0 Å². The van der Waals surface area contributed by atoms with Crippen LogP contribution >= 0.6 is 0 Å². The van der Waals surface area contributed by atoms with Gasteiger partial charge in [-0.1, -0.05) is 0 Å². The molecule has 0 bridgehead atoms. The third-order valence-corrected chi connectivity index (χ3v) is 5.72. The zero-order chi connectivity index (χ0) is 24.6. The molecule has 1 aliphatic heterocycles. The number of hydrogen-bond donors (Lipinski definition) is 1. The van der Waals surface area contributed by atoms with Crippen molar-refractivity contribution in [1.82, 2.24) is 15.1 Å². The fourth-order valence-corrected chi connectivity index (χ4v) is 3.88. The number of urea groups is 1. The van der Waals surface area contributed by atoms with Crippen molar-refractivity contribution in [3.63, 3.8) is 0 Å². The number of aromatic nitrogens is 2. The van der Waals surface area contributed by atoms with Gasteiger partial charge in [0.05, 0.1) is 26.0 Å². The van der Waals surface area contributed by atoms with Crippen LogP contribution in [0, 0.1) is 0 Å². The number of benzene rings is 2. The summed E-state index contributed by atoms with van der Waals surface area (Å²) in [6.45, 7) is 7.43. The molecule has 0 unspecified atom stereocenters. The number of ether oxygens (including phenoxy) is 3. The molecule has 0 atom stereocenters. The third kappa shape index (κ3) is 5.92. The highest BCUT2D eigenvalue weighted by atomic mass is 16.5. The summed E-state index contributed by atoms with van der Waals surface area (Å²) < 4.78 is 16.4. The Morgan fingerprint density at radius 3 is 2.23 bits per heavy atom. The standard InChI is InChI=1S/C26H31N5O4/c1-4-34-23-12-8-20(18-24(23)35-5-2)27-26(32)31-16-14-30(15-17-31)25-13-11-22(28-29-25)19-6-9-21(33-3)10-7-19/h6-13,18H,4-5,14-17H2,1-3H3,(H,27,32). The van der Waals surface area contributed by atoms with E-state index in [0.717, 1.165) is 22.8 Å². The Kier molecular flexibility index (Phi) is 7.87. The van der Waals surface area contributed by atoms with Gasteiger partial charge in [-0.05, 0) is 62.4 Å². The second-order valence-corrected chi connectivity index (χ2v) is 7.94. The van der Waals surface area contributed by atoms with E-state index in [1.54, 1.807) is 18.1 Å². The number of amides is 2. The lowest BCUT2D eigenvalue weighted by Gasteiger charge is -2.35. The van der Waals surface area contributed by atoms with Gasteiger partial charge in [-0.3, -0.25) is 0 Å². The maximum atomic E-state index is 12.8. The number of piperazine rings is 1. The van der Waals surface area contributed by atoms with Crippen LogP contribution in [-0.2, 0) is 0 Å². The van der Waals surface area contributed by atoms with Gasteiger partial charge in [0, 0.05) is 43.5 Å². The zero-order valence-corrected chi connectivity index (χ0v) is 20.4. The van der Waals surface area contributed by atoms with Gasteiger partial charge < -0.3 is 29.3 Å². The molecule has 2 amide bonds. The smallest absolute Gasteiger partial charge is 0.321 e. The lowest BCUT2D eigenvalue weighted by molar-refractivity contribution is 0.208. The monoisotopic (exact) mass is 477 g/mol. The van der Waals surface area contributed by atoms with Crippen molar-refractivity contribution in [2.75, 3.05) is 56.7 Å². The number of methoxy groups -OCH3 is 1. The van der Waals surface area contributed by atoms with Gasteiger partial charge in [0.15, 0.2) is 17.3 Å². The van der Waals surface area contributed by atoms with Crippen molar-refractivity contribution in [3.8, 4) is 28.5 Å².